The average molecular weight is 367 g/mol. The van der Waals surface area contributed by atoms with Gasteiger partial charge in [-0.2, -0.15) is 0 Å². The molecule has 5 heteroatoms. The minimum Gasteiger partial charge on any atom is -0.495 e. The van der Waals surface area contributed by atoms with Crippen LogP contribution in [0, 0.1) is 5.82 Å². The zero-order chi connectivity index (χ0) is 18.6. The molecule has 3 aromatic rings. The molecule has 1 aliphatic rings. The molecule has 1 aliphatic heterocycles. The maximum atomic E-state index is 13.5. The number of anilines is 1. The highest BCUT2D eigenvalue weighted by atomic mass is 19.1. The van der Waals surface area contributed by atoms with Crippen LogP contribution in [0.4, 0.5) is 10.1 Å². The van der Waals surface area contributed by atoms with Crippen molar-refractivity contribution in [1.82, 2.24) is 9.88 Å². The summed E-state index contributed by atoms with van der Waals surface area (Å²) < 4.78 is 19.0. The summed E-state index contributed by atoms with van der Waals surface area (Å²) in [6.07, 6.45) is 4.07. The van der Waals surface area contributed by atoms with Crippen molar-refractivity contribution in [2.24, 2.45) is 0 Å². The number of aryl methyl sites for hydroxylation is 1. The first kappa shape index (κ1) is 17.9. The average Bonchev–Trinajstić information content (AvgIpc) is 3.10. The number of rotatable bonds is 6. The summed E-state index contributed by atoms with van der Waals surface area (Å²) in [5, 5.41) is 1.01. The second kappa shape index (κ2) is 8.01. The van der Waals surface area contributed by atoms with Crippen molar-refractivity contribution in [3.63, 3.8) is 0 Å². The molecule has 4 nitrogen and oxygen atoms in total. The molecule has 1 fully saturated rings. The normalized spacial score (nSPS) is 15.4. The van der Waals surface area contributed by atoms with Crippen LogP contribution < -0.4 is 9.64 Å². The van der Waals surface area contributed by atoms with E-state index in [0.717, 1.165) is 62.2 Å². The second-order valence-corrected chi connectivity index (χ2v) is 7.11. The van der Waals surface area contributed by atoms with Gasteiger partial charge in [0.25, 0.3) is 0 Å². The Morgan fingerprint density at radius 1 is 1.07 bits per heavy atom. The molecule has 0 unspecified atom stereocenters. The second-order valence-electron chi connectivity index (χ2n) is 7.11. The van der Waals surface area contributed by atoms with Gasteiger partial charge in [-0.15, -0.1) is 0 Å². The van der Waals surface area contributed by atoms with Crippen molar-refractivity contribution in [3.05, 3.63) is 60.0 Å². The smallest absolute Gasteiger partial charge is 0.142 e. The number of aromatic amines is 1. The van der Waals surface area contributed by atoms with E-state index in [0.29, 0.717) is 0 Å². The third kappa shape index (κ3) is 3.93. The highest BCUT2D eigenvalue weighted by Crippen LogP contribution is 2.28. The highest BCUT2D eigenvalue weighted by molar-refractivity contribution is 5.83. The van der Waals surface area contributed by atoms with E-state index >= 15 is 0 Å². The van der Waals surface area contributed by atoms with Crippen LogP contribution in [0.1, 0.15) is 12.0 Å². The first-order chi connectivity index (χ1) is 13.2. The molecule has 2 heterocycles. The Labute approximate surface area is 159 Å². The molecule has 1 saturated heterocycles. The quantitative estimate of drug-likeness (QED) is 0.713. The third-order valence-corrected chi connectivity index (χ3v) is 5.45. The number of ether oxygens (including phenoxy) is 1. The lowest BCUT2D eigenvalue weighted by Gasteiger charge is -2.36. The van der Waals surface area contributed by atoms with Crippen LogP contribution in [0.5, 0.6) is 5.75 Å². The molecular formula is C22H26FN3O. The number of piperazine rings is 1. The van der Waals surface area contributed by atoms with Crippen LogP contribution in [0.2, 0.25) is 0 Å². The summed E-state index contributed by atoms with van der Waals surface area (Å²) in [5.74, 6) is 0.772. The summed E-state index contributed by atoms with van der Waals surface area (Å²) >= 11 is 0. The summed E-state index contributed by atoms with van der Waals surface area (Å²) in [7, 11) is 1.73. The summed E-state index contributed by atoms with van der Waals surface area (Å²) in [5.41, 5.74) is 3.40. The SMILES string of the molecule is COc1ccccc1N1CCN(CCCc2c[nH]c3ccc(F)cc23)CC1. The predicted octanol–water partition coefficient (Wildman–Crippen LogP) is 4.07. The number of hydrogen-bond acceptors (Lipinski definition) is 3. The van der Waals surface area contributed by atoms with Crippen molar-refractivity contribution >= 4 is 16.6 Å². The van der Waals surface area contributed by atoms with E-state index in [9.17, 15) is 4.39 Å². The number of H-pyrrole nitrogens is 1. The zero-order valence-electron chi connectivity index (χ0n) is 15.7. The largest absolute Gasteiger partial charge is 0.495 e. The van der Waals surface area contributed by atoms with Gasteiger partial charge in [-0.05, 0) is 55.3 Å². The van der Waals surface area contributed by atoms with Gasteiger partial charge in [-0.1, -0.05) is 12.1 Å². The van der Waals surface area contributed by atoms with Gasteiger partial charge in [0.15, 0.2) is 0 Å². The Morgan fingerprint density at radius 2 is 1.89 bits per heavy atom. The molecule has 0 aliphatic carbocycles. The van der Waals surface area contributed by atoms with Crippen LogP contribution in [0.15, 0.2) is 48.7 Å². The number of halogens is 1. The van der Waals surface area contributed by atoms with Gasteiger partial charge in [0.2, 0.25) is 0 Å². The number of hydrogen-bond donors (Lipinski definition) is 1. The van der Waals surface area contributed by atoms with Gasteiger partial charge in [-0.25, -0.2) is 4.39 Å². The van der Waals surface area contributed by atoms with Crippen molar-refractivity contribution in [1.29, 1.82) is 0 Å². The van der Waals surface area contributed by atoms with Gasteiger partial charge in [0.1, 0.15) is 11.6 Å². The lowest BCUT2D eigenvalue weighted by molar-refractivity contribution is 0.254. The molecule has 0 spiro atoms. The van der Waals surface area contributed by atoms with Gasteiger partial charge in [0, 0.05) is 43.3 Å². The maximum absolute atomic E-state index is 13.5. The molecule has 0 radical (unpaired) electrons. The number of methoxy groups -OCH3 is 1. The lowest BCUT2D eigenvalue weighted by Crippen LogP contribution is -2.46. The Kier molecular flexibility index (Phi) is 5.30. The fourth-order valence-electron chi connectivity index (χ4n) is 3.95. The van der Waals surface area contributed by atoms with E-state index in [1.54, 1.807) is 13.2 Å². The molecule has 0 atom stereocenters. The fourth-order valence-corrected chi connectivity index (χ4v) is 3.95. The van der Waals surface area contributed by atoms with Crippen molar-refractivity contribution in [2.75, 3.05) is 44.7 Å². The zero-order valence-corrected chi connectivity index (χ0v) is 15.7. The Bertz CT molecular complexity index is 899. The number of nitrogens with zero attached hydrogens (tertiary/aromatic N) is 2. The predicted molar refractivity (Wildman–Crippen MR) is 108 cm³/mol. The highest BCUT2D eigenvalue weighted by Gasteiger charge is 2.19. The molecule has 1 aromatic heterocycles. The minimum absolute atomic E-state index is 0.171. The standard InChI is InChI=1S/C22H26FN3O/c1-27-22-7-3-2-6-21(22)26-13-11-25(12-14-26)10-4-5-17-16-24-20-9-8-18(23)15-19(17)20/h2-3,6-9,15-16,24H,4-5,10-14H2,1H3. The van der Waals surface area contributed by atoms with Crippen molar-refractivity contribution in [3.8, 4) is 5.75 Å². The van der Waals surface area contributed by atoms with E-state index in [1.165, 1.54) is 17.3 Å². The minimum atomic E-state index is -0.171. The molecule has 0 amide bonds. The molecule has 1 N–H and O–H groups in total. The van der Waals surface area contributed by atoms with Crippen LogP contribution in [-0.4, -0.2) is 49.7 Å². The number of aromatic nitrogens is 1. The molecule has 2 aromatic carbocycles. The number of fused-ring (bicyclic) bond motifs is 1. The summed E-state index contributed by atoms with van der Waals surface area (Å²) in [6, 6.07) is 13.2. The maximum Gasteiger partial charge on any atom is 0.142 e. The molecule has 27 heavy (non-hydrogen) atoms. The molecular weight excluding hydrogens is 341 g/mol. The van der Waals surface area contributed by atoms with Gasteiger partial charge in [0.05, 0.1) is 12.8 Å². The fraction of sp³-hybridized carbons (Fsp3) is 0.364. The number of benzene rings is 2. The monoisotopic (exact) mass is 367 g/mol. The Morgan fingerprint density at radius 3 is 2.70 bits per heavy atom. The van der Waals surface area contributed by atoms with E-state index in [2.05, 4.69) is 26.9 Å². The summed E-state index contributed by atoms with van der Waals surface area (Å²) in [4.78, 5) is 8.16. The van der Waals surface area contributed by atoms with E-state index < -0.39 is 0 Å². The van der Waals surface area contributed by atoms with Gasteiger partial charge < -0.3 is 14.6 Å². The van der Waals surface area contributed by atoms with Crippen LogP contribution >= 0.6 is 0 Å². The molecule has 0 bridgehead atoms. The van der Waals surface area contributed by atoms with Crippen LogP contribution in [0.3, 0.4) is 0 Å². The first-order valence-electron chi connectivity index (χ1n) is 9.60. The number of nitrogens with one attached hydrogen (secondary N) is 1. The number of para-hydroxylation sites is 2. The lowest BCUT2D eigenvalue weighted by atomic mass is 10.1. The van der Waals surface area contributed by atoms with Crippen LogP contribution in [0.25, 0.3) is 10.9 Å². The third-order valence-electron chi connectivity index (χ3n) is 5.45. The Hall–Kier alpha value is -2.53. The van der Waals surface area contributed by atoms with Gasteiger partial charge in [-0.3, -0.25) is 4.90 Å². The summed E-state index contributed by atoms with van der Waals surface area (Å²) in [6.45, 7) is 5.21. The van der Waals surface area contributed by atoms with Crippen molar-refractivity contribution < 1.29 is 9.13 Å². The first-order valence-corrected chi connectivity index (χ1v) is 9.60. The van der Waals surface area contributed by atoms with E-state index in [-0.39, 0.29) is 5.82 Å². The molecule has 4 rings (SSSR count). The topological polar surface area (TPSA) is 31.5 Å². The molecule has 142 valence electrons. The van der Waals surface area contributed by atoms with Crippen molar-refractivity contribution in [2.45, 2.75) is 12.8 Å². The van der Waals surface area contributed by atoms with Crippen LogP contribution in [-0.2, 0) is 6.42 Å². The Balaban J connectivity index is 1.29. The van der Waals surface area contributed by atoms with E-state index in [1.807, 2.05) is 24.4 Å². The van der Waals surface area contributed by atoms with Gasteiger partial charge >= 0.3 is 0 Å². The molecule has 0 saturated carbocycles. The van der Waals surface area contributed by atoms with E-state index in [4.69, 9.17) is 4.74 Å².